The normalized spacial score (nSPS) is 13.7. The highest BCUT2D eigenvalue weighted by atomic mass is 19.1. The molecule has 2 aromatic carbocycles. The van der Waals surface area contributed by atoms with Crippen molar-refractivity contribution >= 4 is 17.0 Å². The average molecular weight is 312 g/mol. The summed E-state index contributed by atoms with van der Waals surface area (Å²) >= 11 is 0. The quantitative estimate of drug-likeness (QED) is 0.694. The predicted molar refractivity (Wildman–Crippen MR) is 85.3 cm³/mol. The van der Waals surface area contributed by atoms with Crippen molar-refractivity contribution in [2.75, 3.05) is 6.54 Å². The molecule has 0 spiro atoms. The molecule has 5 nitrogen and oxygen atoms in total. The predicted octanol–water partition coefficient (Wildman–Crippen LogP) is 3.63. The zero-order chi connectivity index (χ0) is 16.6. The summed E-state index contributed by atoms with van der Waals surface area (Å²) in [6, 6.07) is 8.80. The van der Waals surface area contributed by atoms with Crippen molar-refractivity contribution in [3.05, 3.63) is 75.1 Å². The number of phenols is 1. The first-order chi connectivity index (χ1) is 11.0. The molecule has 0 amide bonds. The van der Waals surface area contributed by atoms with E-state index >= 15 is 0 Å². The Morgan fingerprint density at radius 2 is 1.96 bits per heavy atom. The molecule has 1 heterocycles. The number of aromatic hydroxyl groups is 1. The molecule has 1 N–H and O–H groups in total. The van der Waals surface area contributed by atoms with Gasteiger partial charge in [0, 0.05) is 17.2 Å². The Hall–Kier alpha value is -3.02. The van der Waals surface area contributed by atoms with Crippen LogP contribution in [0.3, 0.4) is 0 Å². The van der Waals surface area contributed by atoms with E-state index in [0.29, 0.717) is 16.8 Å². The van der Waals surface area contributed by atoms with Gasteiger partial charge in [0.1, 0.15) is 11.6 Å². The van der Waals surface area contributed by atoms with E-state index in [1.54, 1.807) is 18.2 Å². The number of benzene rings is 2. The van der Waals surface area contributed by atoms with Gasteiger partial charge in [0.05, 0.1) is 23.2 Å². The molecule has 1 aliphatic heterocycles. The van der Waals surface area contributed by atoms with Crippen molar-refractivity contribution in [1.82, 2.24) is 0 Å². The second-order valence-corrected chi connectivity index (χ2v) is 5.31. The van der Waals surface area contributed by atoms with E-state index in [4.69, 9.17) is 0 Å². The Balaban J connectivity index is 1.94. The maximum atomic E-state index is 14.1. The summed E-state index contributed by atoms with van der Waals surface area (Å²) in [4.78, 5) is 14.3. The molecule has 2 aromatic rings. The van der Waals surface area contributed by atoms with Crippen LogP contribution in [0.5, 0.6) is 5.75 Å². The molecule has 3 rings (SSSR count). The number of nitrogens with zero attached hydrogens (tertiary/aromatic N) is 2. The van der Waals surface area contributed by atoms with Gasteiger partial charge in [-0.1, -0.05) is 6.07 Å². The molecule has 1 aliphatic rings. The van der Waals surface area contributed by atoms with Gasteiger partial charge in [-0.2, -0.15) is 0 Å². The zero-order valence-corrected chi connectivity index (χ0v) is 12.3. The number of halogens is 1. The van der Waals surface area contributed by atoms with Crippen molar-refractivity contribution in [2.24, 2.45) is 4.99 Å². The van der Waals surface area contributed by atoms with Crippen LogP contribution in [0, 0.1) is 22.9 Å². The lowest BCUT2D eigenvalue weighted by atomic mass is 10.0. The van der Waals surface area contributed by atoms with Gasteiger partial charge in [0.25, 0.3) is 5.69 Å². The number of phenolic OH excluding ortho intramolecular Hbond substituents is 1. The summed E-state index contributed by atoms with van der Waals surface area (Å²) in [5.74, 6) is -0.541. The van der Waals surface area contributed by atoms with Crippen LogP contribution >= 0.6 is 0 Å². The Bertz CT molecular complexity index is 872. The molecule has 0 saturated heterocycles. The van der Waals surface area contributed by atoms with Gasteiger partial charge in [-0.25, -0.2) is 4.39 Å². The first-order valence-corrected chi connectivity index (χ1v) is 6.95. The summed E-state index contributed by atoms with van der Waals surface area (Å²) in [7, 11) is 0. The lowest BCUT2D eigenvalue weighted by Gasteiger charge is -2.04. The number of aryl methyl sites for hydroxylation is 1. The fraction of sp³-hybridized carbons (Fsp3) is 0.118. The van der Waals surface area contributed by atoms with Gasteiger partial charge in [-0.15, -0.1) is 0 Å². The topological polar surface area (TPSA) is 75.7 Å². The van der Waals surface area contributed by atoms with Gasteiger partial charge in [-0.3, -0.25) is 15.1 Å². The van der Waals surface area contributed by atoms with E-state index in [1.807, 2.05) is 13.0 Å². The van der Waals surface area contributed by atoms with Crippen molar-refractivity contribution in [1.29, 1.82) is 0 Å². The highest BCUT2D eigenvalue weighted by Gasteiger charge is 2.19. The third-order valence-electron chi connectivity index (χ3n) is 3.67. The SMILES string of the molecule is Cc1ccc(C2=NCC(c3ccc([N+](=O)[O-])cc3F)=C2)c(O)c1. The number of nitro benzene ring substituents is 1. The third kappa shape index (κ3) is 2.83. The van der Waals surface area contributed by atoms with E-state index in [9.17, 15) is 19.6 Å². The Morgan fingerprint density at radius 1 is 1.22 bits per heavy atom. The van der Waals surface area contributed by atoms with Crippen LogP contribution in [0.2, 0.25) is 0 Å². The molecule has 0 bridgehead atoms. The smallest absolute Gasteiger partial charge is 0.272 e. The molecule has 0 aromatic heterocycles. The minimum atomic E-state index is -0.657. The molecule has 0 radical (unpaired) electrons. The number of rotatable bonds is 3. The fourth-order valence-corrected chi connectivity index (χ4v) is 2.49. The van der Waals surface area contributed by atoms with Crippen molar-refractivity contribution in [3.8, 4) is 5.75 Å². The number of non-ortho nitro benzene ring substituents is 1. The van der Waals surface area contributed by atoms with Gasteiger partial charge in [-0.05, 0) is 42.3 Å². The summed E-state index contributed by atoms with van der Waals surface area (Å²) in [6.07, 6.45) is 1.69. The second-order valence-electron chi connectivity index (χ2n) is 5.31. The van der Waals surface area contributed by atoms with Gasteiger partial charge >= 0.3 is 0 Å². The Morgan fingerprint density at radius 3 is 2.61 bits per heavy atom. The Kier molecular flexibility index (Phi) is 3.65. The van der Waals surface area contributed by atoms with Crippen molar-refractivity contribution < 1.29 is 14.4 Å². The van der Waals surface area contributed by atoms with Crippen molar-refractivity contribution in [2.45, 2.75) is 6.92 Å². The monoisotopic (exact) mass is 312 g/mol. The van der Waals surface area contributed by atoms with Crippen LogP contribution in [0.15, 0.2) is 47.5 Å². The van der Waals surface area contributed by atoms with E-state index in [1.165, 1.54) is 12.1 Å². The number of nitro groups is 1. The highest BCUT2D eigenvalue weighted by molar-refractivity contribution is 6.16. The van der Waals surface area contributed by atoms with Gasteiger partial charge in [0.15, 0.2) is 0 Å². The zero-order valence-electron chi connectivity index (χ0n) is 12.3. The molecular weight excluding hydrogens is 299 g/mol. The molecule has 6 heteroatoms. The largest absolute Gasteiger partial charge is 0.507 e. The molecule has 0 saturated carbocycles. The van der Waals surface area contributed by atoms with Crippen LogP contribution in [0.1, 0.15) is 16.7 Å². The van der Waals surface area contributed by atoms with Crippen molar-refractivity contribution in [3.63, 3.8) is 0 Å². The number of allylic oxidation sites excluding steroid dienone is 1. The highest BCUT2D eigenvalue weighted by Crippen LogP contribution is 2.29. The van der Waals surface area contributed by atoms with Gasteiger partial charge in [0.2, 0.25) is 0 Å². The standard InChI is InChI=1S/C17H13FN2O3/c1-10-2-4-14(17(21)6-10)16-7-11(9-19-16)13-5-3-12(20(22)23)8-15(13)18/h2-8,21H,9H2,1H3. The summed E-state index contributed by atoms with van der Waals surface area (Å²) in [6.45, 7) is 2.13. The molecule has 23 heavy (non-hydrogen) atoms. The molecule has 0 atom stereocenters. The fourth-order valence-electron chi connectivity index (χ4n) is 2.49. The summed E-state index contributed by atoms with van der Waals surface area (Å²) in [5.41, 5.74) is 2.68. The van der Waals surface area contributed by atoms with E-state index in [-0.39, 0.29) is 23.5 Å². The van der Waals surface area contributed by atoms with E-state index in [0.717, 1.165) is 11.6 Å². The molecule has 0 aliphatic carbocycles. The second kappa shape index (κ2) is 5.64. The number of aliphatic imine (C=N–C) groups is 1. The van der Waals surface area contributed by atoms with Gasteiger partial charge < -0.3 is 5.11 Å². The minimum Gasteiger partial charge on any atom is -0.507 e. The summed E-state index contributed by atoms with van der Waals surface area (Å²) in [5, 5.41) is 20.7. The first-order valence-electron chi connectivity index (χ1n) is 6.95. The van der Waals surface area contributed by atoms with Crippen LogP contribution in [0.25, 0.3) is 5.57 Å². The molecule has 116 valence electrons. The summed E-state index contributed by atoms with van der Waals surface area (Å²) < 4.78 is 14.1. The molecule has 0 unspecified atom stereocenters. The number of hydrogen-bond donors (Lipinski definition) is 1. The maximum absolute atomic E-state index is 14.1. The third-order valence-corrected chi connectivity index (χ3v) is 3.67. The van der Waals surface area contributed by atoms with Crippen LogP contribution in [0.4, 0.5) is 10.1 Å². The van der Waals surface area contributed by atoms with E-state index < -0.39 is 10.7 Å². The lowest BCUT2D eigenvalue weighted by molar-refractivity contribution is -0.385. The minimum absolute atomic E-state index is 0.116. The van der Waals surface area contributed by atoms with Crippen LogP contribution in [-0.4, -0.2) is 22.3 Å². The molecule has 0 fully saturated rings. The average Bonchev–Trinajstić information content (AvgIpc) is 2.96. The number of hydrogen-bond acceptors (Lipinski definition) is 4. The lowest BCUT2D eigenvalue weighted by Crippen LogP contribution is -1.96. The van der Waals surface area contributed by atoms with E-state index in [2.05, 4.69) is 4.99 Å². The van der Waals surface area contributed by atoms with Crippen LogP contribution in [-0.2, 0) is 0 Å². The maximum Gasteiger partial charge on any atom is 0.272 e. The Labute approximate surface area is 131 Å². The first kappa shape index (κ1) is 14.9. The molecular formula is C17H13FN2O3. The van der Waals surface area contributed by atoms with Crippen LogP contribution < -0.4 is 0 Å².